The van der Waals surface area contributed by atoms with Gasteiger partial charge in [-0.05, 0) is 87.5 Å². The molecule has 2 unspecified atom stereocenters. The Balaban J connectivity index is 1.54. The third kappa shape index (κ3) is 7.93. The Morgan fingerprint density at radius 2 is 1.83 bits per heavy atom. The lowest BCUT2D eigenvalue weighted by molar-refractivity contribution is -0.308. The summed E-state index contributed by atoms with van der Waals surface area (Å²) in [5.74, 6) is 0.0233. The zero-order valence-electron chi connectivity index (χ0n) is 24.7. The van der Waals surface area contributed by atoms with Crippen molar-refractivity contribution in [3.8, 4) is 0 Å². The number of allylic oxidation sites excluding steroid dienone is 8. The topological polar surface area (TPSA) is 112 Å². The number of aliphatic hydroxyl groups excluding tert-OH is 2. The van der Waals surface area contributed by atoms with Crippen molar-refractivity contribution in [2.75, 3.05) is 7.11 Å². The van der Waals surface area contributed by atoms with Crippen molar-refractivity contribution in [1.82, 2.24) is 0 Å². The van der Waals surface area contributed by atoms with Gasteiger partial charge in [0.25, 0.3) is 0 Å². The second-order valence-electron chi connectivity index (χ2n) is 11.6. The van der Waals surface area contributed by atoms with E-state index in [0.717, 1.165) is 36.8 Å². The van der Waals surface area contributed by atoms with E-state index in [2.05, 4.69) is 18.2 Å². The van der Waals surface area contributed by atoms with E-state index in [4.69, 9.17) is 18.9 Å². The number of hydrogen-bond donors (Lipinski definition) is 2. The van der Waals surface area contributed by atoms with Gasteiger partial charge in [0.2, 0.25) is 0 Å². The number of methoxy groups -OCH3 is 1. The Kier molecular flexibility index (Phi) is 11.3. The number of carbonyl (C=O) groups excluding carboxylic acids is 2. The quantitative estimate of drug-likeness (QED) is 0.375. The summed E-state index contributed by atoms with van der Waals surface area (Å²) in [5.41, 5.74) is 1.72. The minimum Gasteiger partial charge on any atom is -0.458 e. The molecule has 0 amide bonds. The van der Waals surface area contributed by atoms with Gasteiger partial charge in [-0.15, -0.1) is 0 Å². The van der Waals surface area contributed by atoms with Gasteiger partial charge in [0, 0.05) is 13.0 Å². The molecule has 8 nitrogen and oxygen atoms in total. The van der Waals surface area contributed by atoms with Gasteiger partial charge in [0.05, 0.1) is 18.6 Å². The van der Waals surface area contributed by atoms with Crippen LogP contribution < -0.4 is 0 Å². The number of cyclic esters (lactones) is 1. The van der Waals surface area contributed by atoms with E-state index in [9.17, 15) is 19.8 Å². The number of carbonyl (C=O) groups is 2. The van der Waals surface area contributed by atoms with Gasteiger partial charge in [-0.2, -0.15) is 0 Å². The van der Waals surface area contributed by atoms with Gasteiger partial charge in [-0.1, -0.05) is 43.4 Å². The molecule has 2 aliphatic carbocycles. The molecule has 226 valence electrons. The Morgan fingerprint density at radius 1 is 1.02 bits per heavy atom. The number of hydrogen-bond acceptors (Lipinski definition) is 8. The number of ketones is 1. The summed E-state index contributed by atoms with van der Waals surface area (Å²) in [5, 5.41) is 20.7. The average molecular weight is 571 g/mol. The molecule has 0 radical (unpaired) electrons. The van der Waals surface area contributed by atoms with Crippen LogP contribution in [0.2, 0.25) is 0 Å². The fourth-order valence-corrected chi connectivity index (χ4v) is 6.30. The van der Waals surface area contributed by atoms with Crippen molar-refractivity contribution in [3.63, 3.8) is 0 Å². The SMILES string of the molecule is CCC1/C=C/CCC/C=C(/C)C(=O)/C=C/C2C(=CCC(=O)O1)C=C[C@@H]1C[C@@H](O[C@@H]3O[C@@H](C)[C@H](O)[C@@H](O)[C@H]3OC)C[C@@H]21. The Labute approximate surface area is 243 Å². The first-order valence-electron chi connectivity index (χ1n) is 15.0. The molecule has 8 heteroatoms. The van der Waals surface area contributed by atoms with Crippen molar-refractivity contribution in [3.05, 3.63) is 59.8 Å². The smallest absolute Gasteiger partial charge is 0.310 e. The third-order valence-electron chi connectivity index (χ3n) is 8.79. The molecule has 2 fully saturated rings. The van der Waals surface area contributed by atoms with Crippen LogP contribution in [0.3, 0.4) is 0 Å². The van der Waals surface area contributed by atoms with E-state index in [1.807, 2.05) is 38.2 Å². The van der Waals surface area contributed by atoms with Crippen LogP contribution in [0.4, 0.5) is 0 Å². The van der Waals surface area contributed by atoms with Crippen molar-refractivity contribution in [2.24, 2.45) is 17.8 Å². The Morgan fingerprint density at radius 3 is 2.59 bits per heavy atom. The highest BCUT2D eigenvalue weighted by Crippen LogP contribution is 2.47. The van der Waals surface area contributed by atoms with Crippen LogP contribution in [-0.4, -0.2) is 72.0 Å². The second kappa shape index (κ2) is 14.7. The molecule has 0 spiro atoms. The monoisotopic (exact) mass is 570 g/mol. The molecule has 0 aromatic heterocycles. The minimum atomic E-state index is -1.11. The summed E-state index contributed by atoms with van der Waals surface area (Å²) < 4.78 is 23.4. The highest BCUT2D eigenvalue weighted by molar-refractivity contribution is 6.03. The van der Waals surface area contributed by atoms with Crippen LogP contribution in [0.25, 0.3) is 0 Å². The zero-order valence-corrected chi connectivity index (χ0v) is 24.7. The summed E-state index contributed by atoms with van der Waals surface area (Å²) >= 11 is 0. The molecule has 41 heavy (non-hydrogen) atoms. The molecule has 4 rings (SSSR count). The molecule has 4 aliphatic rings. The van der Waals surface area contributed by atoms with E-state index in [-0.39, 0.29) is 48.1 Å². The van der Waals surface area contributed by atoms with E-state index in [1.165, 1.54) is 7.11 Å². The maximum Gasteiger partial charge on any atom is 0.310 e. The lowest BCUT2D eigenvalue weighted by atomic mass is 9.74. The van der Waals surface area contributed by atoms with Gasteiger partial charge in [-0.3, -0.25) is 9.59 Å². The normalized spacial score (nSPS) is 41.7. The van der Waals surface area contributed by atoms with Gasteiger partial charge in [0.15, 0.2) is 12.1 Å². The van der Waals surface area contributed by atoms with Crippen LogP contribution >= 0.6 is 0 Å². The first kappa shape index (κ1) is 31.6. The predicted octanol–water partition coefficient (Wildman–Crippen LogP) is 4.52. The average Bonchev–Trinajstić information content (AvgIpc) is 3.37. The largest absolute Gasteiger partial charge is 0.458 e. The van der Waals surface area contributed by atoms with Crippen LogP contribution in [0, 0.1) is 17.8 Å². The van der Waals surface area contributed by atoms with Crippen LogP contribution in [0.15, 0.2) is 59.8 Å². The lowest BCUT2D eigenvalue weighted by Crippen LogP contribution is -2.58. The molecular weight excluding hydrogens is 524 g/mol. The molecule has 2 N–H and O–H groups in total. The van der Waals surface area contributed by atoms with Gasteiger partial charge >= 0.3 is 5.97 Å². The molecular formula is C33H46O8. The van der Waals surface area contributed by atoms with E-state index >= 15 is 0 Å². The maximum atomic E-state index is 13.0. The number of esters is 1. The van der Waals surface area contributed by atoms with Crippen molar-refractivity contribution >= 4 is 11.8 Å². The summed E-state index contributed by atoms with van der Waals surface area (Å²) in [6.45, 7) is 5.56. The maximum absolute atomic E-state index is 13.0. The van der Waals surface area contributed by atoms with Crippen LogP contribution in [0.5, 0.6) is 0 Å². The summed E-state index contributed by atoms with van der Waals surface area (Å²) in [6.07, 6.45) is 15.9. The molecule has 1 saturated heterocycles. The van der Waals surface area contributed by atoms with Crippen molar-refractivity contribution in [1.29, 1.82) is 0 Å². The van der Waals surface area contributed by atoms with E-state index < -0.39 is 30.7 Å². The fourth-order valence-electron chi connectivity index (χ4n) is 6.30. The van der Waals surface area contributed by atoms with Gasteiger partial charge in [0.1, 0.15) is 24.4 Å². The van der Waals surface area contributed by atoms with E-state index in [1.54, 1.807) is 13.0 Å². The minimum absolute atomic E-state index is 0.00774. The molecule has 0 aromatic rings. The number of ether oxygens (including phenoxy) is 4. The first-order valence-corrected chi connectivity index (χ1v) is 15.0. The van der Waals surface area contributed by atoms with Crippen LogP contribution in [-0.2, 0) is 28.5 Å². The summed E-state index contributed by atoms with van der Waals surface area (Å²) in [7, 11) is 1.47. The zero-order chi connectivity index (χ0) is 29.5. The molecule has 2 heterocycles. The van der Waals surface area contributed by atoms with Crippen molar-refractivity contribution in [2.45, 2.75) is 109 Å². The molecule has 10 atom stereocenters. The molecule has 0 bridgehead atoms. The molecule has 2 aliphatic heterocycles. The third-order valence-corrected chi connectivity index (χ3v) is 8.79. The predicted molar refractivity (Wildman–Crippen MR) is 155 cm³/mol. The van der Waals surface area contributed by atoms with E-state index in [0.29, 0.717) is 12.8 Å². The Hall–Kier alpha value is -2.36. The lowest BCUT2D eigenvalue weighted by Gasteiger charge is -2.41. The molecule has 0 aromatic carbocycles. The highest BCUT2D eigenvalue weighted by atomic mass is 16.7. The first-order chi connectivity index (χ1) is 19.7. The fraction of sp³-hybridized carbons (Fsp3) is 0.636. The highest BCUT2D eigenvalue weighted by Gasteiger charge is 2.47. The number of fused-ring (bicyclic) bond motifs is 3. The standard InChI is InChI=1S/C33H46O8/c1-5-24-11-9-7-6-8-10-20(2)28(34)16-15-26-22(14-17-29(35)40-24)12-13-23-18-25(19-27(23)26)41-33-32(38-4)31(37)30(36)21(3)39-33/h9-16,21,23-27,30-33,36-37H,5-8,17-19H2,1-4H3/b11-9+,16-15+,20-10-,22-14?/t21-,23+,24?,25+,26?,27+,30-,31+,32+,33-/m0/s1. The van der Waals surface area contributed by atoms with Crippen LogP contribution in [0.1, 0.15) is 65.7 Å². The van der Waals surface area contributed by atoms with Crippen molar-refractivity contribution < 1.29 is 38.7 Å². The molecule has 1 saturated carbocycles. The van der Waals surface area contributed by atoms with Gasteiger partial charge < -0.3 is 29.2 Å². The second-order valence-corrected chi connectivity index (χ2v) is 11.6. The summed E-state index contributed by atoms with van der Waals surface area (Å²) in [6, 6.07) is 0. The van der Waals surface area contributed by atoms with Gasteiger partial charge in [-0.25, -0.2) is 0 Å². The number of rotatable bonds is 4. The summed E-state index contributed by atoms with van der Waals surface area (Å²) in [4.78, 5) is 25.7. The number of aliphatic hydroxyl groups is 2. The Bertz CT molecular complexity index is 1070.